The molecule has 0 amide bonds. The molecule has 0 aliphatic heterocycles. The average Bonchev–Trinajstić information content (AvgIpc) is 1.85. The van der Waals surface area contributed by atoms with Gasteiger partial charge in [0.05, 0.1) is 6.10 Å². The lowest BCUT2D eigenvalue weighted by Crippen LogP contribution is -2.16. The molecule has 1 unspecified atom stereocenters. The third-order valence-electron chi connectivity index (χ3n) is 1.86. The Morgan fingerprint density at radius 1 is 1.36 bits per heavy atom. The van der Waals surface area contributed by atoms with Crippen LogP contribution in [0.4, 0.5) is 0 Å². The van der Waals surface area contributed by atoms with Crippen molar-refractivity contribution in [2.45, 2.75) is 38.2 Å². The SMILES string of the molecule is N=P(N)(O)OC1CCCCC1. The summed E-state index contributed by atoms with van der Waals surface area (Å²) < 4.78 is 4.99. The van der Waals surface area contributed by atoms with E-state index in [9.17, 15) is 0 Å². The summed E-state index contributed by atoms with van der Waals surface area (Å²) in [5.74, 6) is 0. The molecule has 0 aromatic heterocycles. The van der Waals surface area contributed by atoms with Gasteiger partial charge in [-0.1, -0.05) is 19.3 Å². The quantitative estimate of drug-likeness (QED) is 0.564. The highest BCUT2D eigenvalue weighted by Crippen LogP contribution is 2.38. The van der Waals surface area contributed by atoms with E-state index in [0.29, 0.717) is 0 Å². The van der Waals surface area contributed by atoms with Gasteiger partial charge in [0.15, 0.2) is 0 Å². The molecule has 0 radical (unpaired) electrons. The molecule has 1 rings (SSSR count). The van der Waals surface area contributed by atoms with Crippen LogP contribution in [0, 0.1) is 5.16 Å². The van der Waals surface area contributed by atoms with Gasteiger partial charge in [-0.3, -0.25) is 10.7 Å². The Morgan fingerprint density at radius 3 is 2.36 bits per heavy atom. The predicted molar refractivity (Wildman–Crippen MR) is 44.0 cm³/mol. The van der Waals surface area contributed by atoms with E-state index in [1.807, 2.05) is 0 Å². The van der Waals surface area contributed by atoms with Crippen molar-refractivity contribution in [1.29, 1.82) is 5.16 Å². The lowest BCUT2D eigenvalue weighted by molar-refractivity contribution is 0.150. The van der Waals surface area contributed by atoms with Crippen molar-refractivity contribution in [2.75, 3.05) is 0 Å². The summed E-state index contributed by atoms with van der Waals surface area (Å²) in [6, 6.07) is 0. The second-order valence-corrected chi connectivity index (χ2v) is 4.44. The molecule has 0 aromatic rings. The first-order valence-electron chi connectivity index (χ1n) is 3.92. The molecule has 5 heteroatoms. The Bertz CT molecular complexity index is 162. The van der Waals surface area contributed by atoms with Crippen LogP contribution < -0.4 is 5.50 Å². The molecule has 0 saturated heterocycles. The van der Waals surface area contributed by atoms with E-state index >= 15 is 0 Å². The van der Waals surface area contributed by atoms with Gasteiger partial charge in [0.25, 0.3) is 7.66 Å². The average molecular weight is 178 g/mol. The number of rotatable bonds is 2. The molecular weight excluding hydrogens is 163 g/mol. The van der Waals surface area contributed by atoms with Gasteiger partial charge in [0.1, 0.15) is 0 Å². The highest BCUT2D eigenvalue weighted by Gasteiger charge is 2.18. The third kappa shape index (κ3) is 3.87. The van der Waals surface area contributed by atoms with Gasteiger partial charge < -0.3 is 9.42 Å². The van der Waals surface area contributed by atoms with Crippen molar-refractivity contribution in [3.05, 3.63) is 0 Å². The van der Waals surface area contributed by atoms with Crippen LogP contribution in [0.1, 0.15) is 32.1 Å². The van der Waals surface area contributed by atoms with Crippen molar-refractivity contribution in [3.8, 4) is 0 Å². The van der Waals surface area contributed by atoms with Crippen LogP contribution in [-0.4, -0.2) is 11.0 Å². The van der Waals surface area contributed by atoms with Crippen molar-refractivity contribution in [1.82, 2.24) is 0 Å². The molecule has 0 heterocycles. The molecule has 0 aromatic carbocycles. The standard InChI is InChI=1S/C6H15N2O2P/c7-11(8,9)10-6-4-2-1-3-5-6/h6H,1-5H2,(H4,7,8,9). The van der Waals surface area contributed by atoms with Crippen LogP contribution in [0.3, 0.4) is 0 Å². The molecule has 1 fully saturated rings. The van der Waals surface area contributed by atoms with Crippen LogP contribution in [0.5, 0.6) is 0 Å². The molecule has 0 spiro atoms. The van der Waals surface area contributed by atoms with Crippen LogP contribution in [0.2, 0.25) is 0 Å². The molecule has 0 bridgehead atoms. The summed E-state index contributed by atoms with van der Waals surface area (Å²) >= 11 is 0. The summed E-state index contributed by atoms with van der Waals surface area (Å²) in [5, 5.41) is 6.99. The Morgan fingerprint density at radius 2 is 1.91 bits per heavy atom. The highest BCUT2D eigenvalue weighted by atomic mass is 31.2. The van der Waals surface area contributed by atoms with Crippen molar-refractivity contribution < 1.29 is 9.42 Å². The largest absolute Gasteiger partial charge is 0.328 e. The maximum Gasteiger partial charge on any atom is 0.279 e. The Hall–Kier alpha value is 0.110. The first-order valence-corrected chi connectivity index (χ1v) is 5.65. The lowest BCUT2D eigenvalue weighted by Gasteiger charge is -2.23. The summed E-state index contributed by atoms with van der Waals surface area (Å²) in [7, 11) is -3.23. The smallest absolute Gasteiger partial charge is 0.279 e. The van der Waals surface area contributed by atoms with Gasteiger partial charge in [-0.15, -0.1) is 0 Å². The number of nitrogens with one attached hydrogen (secondary N) is 1. The molecule has 1 aliphatic rings. The highest BCUT2D eigenvalue weighted by molar-refractivity contribution is 7.51. The second kappa shape index (κ2) is 3.68. The molecule has 4 N–H and O–H groups in total. The van der Waals surface area contributed by atoms with Gasteiger partial charge in [-0.25, -0.2) is 0 Å². The number of nitrogens with two attached hydrogens (primary N) is 1. The number of hydrogen-bond acceptors (Lipinski definition) is 2. The summed E-state index contributed by atoms with van der Waals surface area (Å²) in [6.45, 7) is 0. The molecule has 1 saturated carbocycles. The van der Waals surface area contributed by atoms with Gasteiger partial charge in [-0.2, -0.15) is 0 Å². The third-order valence-corrected chi connectivity index (χ3v) is 2.48. The Labute approximate surface area is 66.8 Å². The topological polar surface area (TPSA) is 79.3 Å². The fraction of sp³-hybridized carbons (Fsp3) is 1.00. The van der Waals surface area contributed by atoms with Crippen molar-refractivity contribution in [2.24, 2.45) is 5.50 Å². The monoisotopic (exact) mass is 178 g/mol. The minimum Gasteiger partial charge on any atom is -0.328 e. The first kappa shape index (κ1) is 9.20. The summed E-state index contributed by atoms with van der Waals surface area (Å²) in [4.78, 5) is 8.90. The fourth-order valence-electron chi connectivity index (χ4n) is 1.40. The Kier molecular flexibility index (Phi) is 3.07. The predicted octanol–water partition coefficient (Wildman–Crippen LogP) is 1.81. The molecular formula is C6H15N2O2P. The van der Waals surface area contributed by atoms with E-state index in [1.165, 1.54) is 6.42 Å². The van der Waals surface area contributed by atoms with Gasteiger partial charge in [-0.05, 0) is 12.8 Å². The van der Waals surface area contributed by atoms with Crippen LogP contribution in [0.25, 0.3) is 0 Å². The van der Waals surface area contributed by atoms with E-state index in [-0.39, 0.29) is 6.10 Å². The molecule has 66 valence electrons. The summed E-state index contributed by atoms with van der Waals surface area (Å²) in [6.07, 6.45) is 5.41. The van der Waals surface area contributed by atoms with Crippen LogP contribution in [0.15, 0.2) is 0 Å². The molecule has 4 nitrogen and oxygen atoms in total. The minimum absolute atomic E-state index is 0.0320. The maximum atomic E-state index is 8.90. The molecule has 1 atom stereocenters. The Balaban J connectivity index is 2.30. The van der Waals surface area contributed by atoms with E-state index < -0.39 is 7.66 Å². The molecule has 1 aliphatic carbocycles. The zero-order chi connectivity index (χ0) is 8.32. The van der Waals surface area contributed by atoms with E-state index in [0.717, 1.165) is 25.7 Å². The maximum absolute atomic E-state index is 8.90. The van der Waals surface area contributed by atoms with E-state index in [2.05, 4.69) is 0 Å². The van der Waals surface area contributed by atoms with Crippen LogP contribution >= 0.6 is 7.66 Å². The van der Waals surface area contributed by atoms with Gasteiger partial charge in [0.2, 0.25) is 0 Å². The fourth-order valence-corrected chi connectivity index (χ4v) is 2.06. The van der Waals surface area contributed by atoms with E-state index in [4.69, 9.17) is 20.1 Å². The zero-order valence-electron chi connectivity index (χ0n) is 6.49. The van der Waals surface area contributed by atoms with Gasteiger partial charge >= 0.3 is 0 Å². The van der Waals surface area contributed by atoms with E-state index in [1.54, 1.807) is 0 Å². The molecule has 11 heavy (non-hydrogen) atoms. The summed E-state index contributed by atoms with van der Waals surface area (Å²) in [5.41, 5.74) is 5.08. The minimum atomic E-state index is -3.23. The normalized spacial score (nSPS) is 26.4. The second-order valence-electron chi connectivity index (χ2n) is 2.99. The van der Waals surface area contributed by atoms with Gasteiger partial charge in [0, 0.05) is 0 Å². The van der Waals surface area contributed by atoms with Crippen molar-refractivity contribution >= 4 is 7.66 Å². The van der Waals surface area contributed by atoms with Crippen LogP contribution in [-0.2, 0) is 4.52 Å². The first-order chi connectivity index (χ1) is 5.08. The zero-order valence-corrected chi connectivity index (χ0v) is 7.39. The van der Waals surface area contributed by atoms with Crippen molar-refractivity contribution in [3.63, 3.8) is 0 Å². The lowest BCUT2D eigenvalue weighted by atomic mass is 9.98. The number of hydrogen-bond donors (Lipinski definition) is 3.